The summed E-state index contributed by atoms with van der Waals surface area (Å²) < 4.78 is 0. The Morgan fingerprint density at radius 1 is 1.24 bits per heavy atom. The molecule has 0 radical (unpaired) electrons. The molecule has 0 saturated carbocycles. The van der Waals surface area contributed by atoms with Gasteiger partial charge in [0.05, 0.1) is 0 Å². The van der Waals surface area contributed by atoms with Gasteiger partial charge >= 0.3 is 0 Å². The van der Waals surface area contributed by atoms with Crippen molar-refractivity contribution in [1.82, 2.24) is 10.2 Å². The van der Waals surface area contributed by atoms with Gasteiger partial charge in [-0.2, -0.15) is 0 Å². The Kier molecular flexibility index (Phi) is 4.88. The van der Waals surface area contributed by atoms with Gasteiger partial charge in [-0.15, -0.1) is 0 Å². The Morgan fingerprint density at radius 3 is 2.52 bits per heavy atom. The number of carbonyl (C=O) groups excluding carboxylic acids is 2. The summed E-state index contributed by atoms with van der Waals surface area (Å²) in [5, 5.41) is 3.43. The zero-order valence-electron chi connectivity index (χ0n) is 12.6. The van der Waals surface area contributed by atoms with Crippen LogP contribution in [0, 0.1) is 6.92 Å². The maximum Gasteiger partial charge on any atom is 0.246 e. The molecule has 1 aromatic rings. The molecule has 5 heteroatoms. The van der Waals surface area contributed by atoms with E-state index in [2.05, 4.69) is 5.32 Å². The molecular formula is C16H21ClN2O2. The molecule has 4 nitrogen and oxygen atoms in total. The molecule has 1 aliphatic heterocycles. The summed E-state index contributed by atoms with van der Waals surface area (Å²) in [4.78, 5) is 26.3. The van der Waals surface area contributed by atoms with Crippen LogP contribution < -0.4 is 5.32 Å². The third-order valence-electron chi connectivity index (χ3n) is 3.92. The average Bonchev–Trinajstić information content (AvgIpc) is 2.45. The minimum Gasteiger partial charge on any atom is -0.343 e. The van der Waals surface area contributed by atoms with E-state index in [0.717, 1.165) is 11.1 Å². The second-order valence-electron chi connectivity index (χ2n) is 5.45. The summed E-state index contributed by atoms with van der Waals surface area (Å²) in [5.74, 6) is -0.104. The molecule has 0 aliphatic carbocycles. The first-order valence-electron chi connectivity index (χ1n) is 7.33. The Morgan fingerprint density at radius 2 is 1.95 bits per heavy atom. The predicted molar refractivity (Wildman–Crippen MR) is 83.0 cm³/mol. The van der Waals surface area contributed by atoms with E-state index in [1.54, 1.807) is 4.90 Å². The number of piperazine rings is 1. The Hall–Kier alpha value is -1.55. The monoisotopic (exact) mass is 308 g/mol. The number of nitrogens with one attached hydrogen (secondary N) is 1. The van der Waals surface area contributed by atoms with Gasteiger partial charge in [-0.05, 0) is 37.0 Å². The minimum atomic E-state index is -0.426. The van der Waals surface area contributed by atoms with Crippen LogP contribution in [0.4, 0.5) is 0 Å². The van der Waals surface area contributed by atoms with Crippen LogP contribution in [0.5, 0.6) is 0 Å². The summed E-state index contributed by atoms with van der Waals surface area (Å²) in [6.07, 6.45) is 1.19. The van der Waals surface area contributed by atoms with E-state index in [9.17, 15) is 9.59 Å². The highest BCUT2D eigenvalue weighted by Gasteiger charge is 2.38. The van der Waals surface area contributed by atoms with Crippen molar-refractivity contribution in [1.29, 1.82) is 0 Å². The molecule has 2 atom stereocenters. The first-order valence-corrected chi connectivity index (χ1v) is 7.71. The van der Waals surface area contributed by atoms with Crippen molar-refractivity contribution in [3.63, 3.8) is 0 Å². The zero-order valence-corrected chi connectivity index (χ0v) is 13.4. The Labute approximate surface area is 130 Å². The molecule has 1 N–H and O–H groups in total. The van der Waals surface area contributed by atoms with Crippen LogP contribution in [0.3, 0.4) is 0 Å². The molecule has 21 heavy (non-hydrogen) atoms. The maximum atomic E-state index is 12.5. The topological polar surface area (TPSA) is 49.4 Å². The standard InChI is InChI=1S/C16H21ClN2O2/c1-4-13-16(21)19(14(5-2)15(20)18-13)9-11-7-6-10(3)8-12(11)17/h6-8,13-14H,4-5,9H2,1-3H3,(H,18,20). The number of carbonyl (C=O) groups is 2. The fraction of sp³-hybridized carbons (Fsp3) is 0.500. The molecule has 1 aromatic carbocycles. The van der Waals surface area contributed by atoms with E-state index in [0.29, 0.717) is 24.4 Å². The molecule has 0 bridgehead atoms. The van der Waals surface area contributed by atoms with Crippen LogP contribution in [0.25, 0.3) is 0 Å². The van der Waals surface area contributed by atoms with Gasteiger partial charge in [0, 0.05) is 11.6 Å². The summed E-state index contributed by atoms with van der Waals surface area (Å²) >= 11 is 6.26. The molecule has 1 aliphatic rings. The molecule has 114 valence electrons. The van der Waals surface area contributed by atoms with Crippen LogP contribution in [0.1, 0.15) is 37.8 Å². The number of benzene rings is 1. The fourth-order valence-corrected chi connectivity index (χ4v) is 2.95. The van der Waals surface area contributed by atoms with Gasteiger partial charge in [0.25, 0.3) is 0 Å². The number of hydrogen-bond acceptors (Lipinski definition) is 2. The molecule has 2 unspecified atom stereocenters. The first-order chi connectivity index (χ1) is 9.97. The highest BCUT2D eigenvalue weighted by molar-refractivity contribution is 6.31. The van der Waals surface area contributed by atoms with Crippen molar-refractivity contribution in [3.05, 3.63) is 34.3 Å². The van der Waals surface area contributed by atoms with Crippen LogP contribution in [0.15, 0.2) is 18.2 Å². The maximum absolute atomic E-state index is 12.5. The number of amides is 2. The number of nitrogens with zero attached hydrogens (tertiary/aromatic N) is 1. The summed E-state index contributed by atoms with van der Waals surface area (Å²) in [5.41, 5.74) is 1.95. The lowest BCUT2D eigenvalue weighted by Gasteiger charge is -2.38. The fourth-order valence-electron chi connectivity index (χ4n) is 2.66. The SMILES string of the molecule is CCC1NC(=O)C(CC)N(Cc2ccc(C)cc2Cl)C1=O. The molecule has 0 spiro atoms. The van der Waals surface area contributed by atoms with E-state index in [1.165, 1.54) is 0 Å². The molecule has 2 rings (SSSR count). The molecule has 1 heterocycles. The van der Waals surface area contributed by atoms with Crippen LogP contribution >= 0.6 is 11.6 Å². The number of aryl methyl sites for hydroxylation is 1. The average molecular weight is 309 g/mol. The van der Waals surface area contributed by atoms with Gasteiger partial charge in [0.15, 0.2) is 0 Å². The van der Waals surface area contributed by atoms with Crippen LogP contribution in [-0.2, 0) is 16.1 Å². The van der Waals surface area contributed by atoms with E-state index < -0.39 is 12.1 Å². The predicted octanol–water partition coefficient (Wildman–Crippen LogP) is 2.66. The third-order valence-corrected chi connectivity index (χ3v) is 4.27. The lowest BCUT2D eigenvalue weighted by molar-refractivity contribution is -0.150. The van der Waals surface area contributed by atoms with Crippen molar-refractivity contribution in [3.8, 4) is 0 Å². The Bertz CT molecular complexity index is 559. The molecule has 1 saturated heterocycles. The van der Waals surface area contributed by atoms with Crippen molar-refractivity contribution < 1.29 is 9.59 Å². The van der Waals surface area contributed by atoms with Crippen molar-refractivity contribution >= 4 is 23.4 Å². The molecular weight excluding hydrogens is 288 g/mol. The summed E-state index contributed by atoms with van der Waals surface area (Å²) in [7, 11) is 0. The van der Waals surface area contributed by atoms with Crippen LogP contribution in [-0.4, -0.2) is 28.8 Å². The molecule has 1 fully saturated rings. The summed E-state index contributed by atoms with van der Waals surface area (Å²) in [6.45, 7) is 6.15. The number of halogens is 1. The zero-order chi connectivity index (χ0) is 15.6. The Balaban J connectivity index is 2.28. The largest absolute Gasteiger partial charge is 0.343 e. The van der Waals surface area contributed by atoms with Crippen molar-refractivity contribution in [2.24, 2.45) is 0 Å². The quantitative estimate of drug-likeness (QED) is 0.929. The van der Waals surface area contributed by atoms with E-state index in [1.807, 2.05) is 39.0 Å². The van der Waals surface area contributed by atoms with Gasteiger partial charge in [0.2, 0.25) is 11.8 Å². The first kappa shape index (κ1) is 15.8. The number of hydrogen-bond donors (Lipinski definition) is 1. The van der Waals surface area contributed by atoms with Gasteiger partial charge in [-0.25, -0.2) is 0 Å². The van der Waals surface area contributed by atoms with Gasteiger partial charge < -0.3 is 10.2 Å². The highest BCUT2D eigenvalue weighted by atomic mass is 35.5. The van der Waals surface area contributed by atoms with E-state index in [4.69, 9.17) is 11.6 Å². The van der Waals surface area contributed by atoms with Gasteiger partial charge in [0.1, 0.15) is 12.1 Å². The molecule has 0 aromatic heterocycles. The minimum absolute atomic E-state index is 0.0272. The van der Waals surface area contributed by atoms with Gasteiger partial charge in [-0.1, -0.05) is 37.6 Å². The molecule has 2 amide bonds. The van der Waals surface area contributed by atoms with E-state index >= 15 is 0 Å². The third kappa shape index (κ3) is 3.21. The smallest absolute Gasteiger partial charge is 0.246 e. The van der Waals surface area contributed by atoms with Crippen LogP contribution in [0.2, 0.25) is 5.02 Å². The summed E-state index contributed by atoms with van der Waals surface area (Å²) in [6, 6.07) is 4.92. The lowest BCUT2D eigenvalue weighted by Crippen LogP contribution is -2.62. The van der Waals surface area contributed by atoms with E-state index in [-0.39, 0.29) is 11.8 Å². The second-order valence-corrected chi connectivity index (χ2v) is 5.86. The second kappa shape index (κ2) is 6.48. The number of rotatable bonds is 4. The van der Waals surface area contributed by atoms with Crippen molar-refractivity contribution in [2.75, 3.05) is 0 Å². The van der Waals surface area contributed by atoms with Gasteiger partial charge in [-0.3, -0.25) is 9.59 Å². The normalized spacial score (nSPS) is 22.4. The lowest BCUT2D eigenvalue weighted by atomic mass is 10.0. The highest BCUT2D eigenvalue weighted by Crippen LogP contribution is 2.23. The van der Waals surface area contributed by atoms with Crippen molar-refractivity contribution in [2.45, 2.75) is 52.2 Å².